The first-order valence-corrected chi connectivity index (χ1v) is 8.91. The van der Waals surface area contributed by atoms with Gasteiger partial charge in [0.15, 0.2) is 0 Å². The number of nitrogens with zero attached hydrogens (tertiary/aromatic N) is 5. The molecule has 0 fully saturated rings. The van der Waals surface area contributed by atoms with E-state index in [-0.39, 0.29) is 11.9 Å². The molecule has 134 valence electrons. The van der Waals surface area contributed by atoms with E-state index in [9.17, 15) is 4.79 Å². The number of rotatable bonds is 4. The molecule has 0 saturated heterocycles. The third-order valence-corrected chi connectivity index (χ3v) is 4.96. The van der Waals surface area contributed by atoms with Crippen LogP contribution in [0, 0.1) is 0 Å². The molecule has 1 aliphatic rings. The number of amides is 1. The quantitative estimate of drug-likeness (QED) is 0.726. The van der Waals surface area contributed by atoms with Crippen molar-refractivity contribution in [3.8, 4) is 0 Å². The summed E-state index contributed by atoms with van der Waals surface area (Å²) in [7, 11) is 4.14. The maximum absolute atomic E-state index is 13.1. The van der Waals surface area contributed by atoms with Gasteiger partial charge in [0.25, 0.3) is 5.91 Å². The van der Waals surface area contributed by atoms with Gasteiger partial charge in [-0.15, -0.1) is 0 Å². The predicted octanol–water partition coefficient (Wildman–Crippen LogP) is 2.58. The van der Waals surface area contributed by atoms with Crippen LogP contribution in [0.3, 0.4) is 0 Å². The molecule has 1 amide bonds. The molecule has 1 unspecified atom stereocenters. The van der Waals surface area contributed by atoms with Crippen molar-refractivity contribution in [3.63, 3.8) is 0 Å². The molecule has 1 aliphatic heterocycles. The Bertz CT molecular complexity index is 933. The number of fused-ring (bicyclic) bond motifs is 2. The number of aromatic nitrogens is 3. The van der Waals surface area contributed by atoms with Gasteiger partial charge in [-0.05, 0) is 39.2 Å². The second kappa shape index (κ2) is 6.88. The monoisotopic (exact) mass is 349 g/mol. The molecule has 6 nitrogen and oxygen atoms in total. The minimum atomic E-state index is 0.0329. The Balaban J connectivity index is 1.59. The number of carbonyl (C=O) groups is 1. The summed E-state index contributed by atoms with van der Waals surface area (Å²) in [4.78, 5) is 25.9. The van der Waals surface area contributed by atoms with E-state index in [0.717, 1.165) is 29.6 Å². The number of hydrogen-bond acceptors (Lipinski definition) is 4. The summed E-state index contributed by atoms with van der Waals surface area (Å²) in [6, 6.07) is 10.1. The third kappa shape index (κ3) is 3.20. The van der Waals surface area contributed by atoms with E-state index in [0.29, 0.717) is 18.7 Å². The van der Waals surface area contributed by atoms with Crippen molar-refractivity contribution in [1.29, 1.82) is 0 Å². The molecule has 0 bridgehead atoms. The van der Waals surface area contributed by atoms with Gasteiger partial charge in [-0.25, -0.2) is 4.98 Å². The first-order chi connectivity index (χ1) is 12.6. The molecular formula is C20H23N5O. The minimum absolute atomic E-state index is 0.0329. The lowest BCUT2D eigenvalue weighted by atomic mass is 10.1. The number of imidazole rings is 1. The molecule has 6 heteroatoms. The summed E-state index contributed by atoms with van der Waals surface area (Å²) < 4.78 is 2.21. The van der Waals surface area contributed by atoms with Crippen molar-refractivity contribution >= 4 is 16.8 Å². The zero-order valence-electron chi connectivity index (χ0n) is 15.2. The van der Waals surface area contributed by atoms with Crippen molar-refractivity contribution < 1.29 is 4.79 Å². The summed E-state index contributed by atoms with van der Waals surface area (Å²) >= 11 is 0. The Kier molecular flexibility index (Phi) is 4.42. The molecule has 0 aliphatic carbocycles. The number of para-hydroxylation sites is 1. The summed E-state index contributed by atoms with van der Waals surface area (Å²) in [6.45, 7) is 2.26. The maximum Gasteiger partial charge on any atom is 0.255 e. The zero-order valence-corrected chi connectivity index (χ0v) is 15.2. The molecule has 3 heterocycles. The van der Waals surface area contributed by atoms with E-state index in [1.807, 2.05) is 47.8 Å². The lowest BCUT2D eigenvalue weighted by Crippen LogP contribution is -2.41. The number of carbonyl (C=O) groups excluding carboxylic acids is 1. The first kappa shape index (κ1) is 16.7. The van der Waals surface area contributed by atoms with Gasteiger partial charge in [-0.3, -0.25) is 9.78 Å². The fourth-order valence-electron chi connectivity index (χ4n) is 3.55. The van der Waals surface area contributed by atoms with Gasteiger partial charge in [-0.2, -0.15) is 0 Å². The van der Waals surface area contributed by atoms with Gasteiger partial charge in [-0.1, -0.05) is 18.2 Å². The van der Waals surface area contributed by atoms with Crippen LogP contribution in [0.15, 0.2) is 49.1 Å². The van der Waals surface area contributed by atoms with Crippen LogP contribution < -0.4 is 0 Å². The molecule has 1 atom stereocenters. The Morgan fingerprint density at radius 1 is 1.27 bits per heavy atom. The van der Waals surface area contributed by atoms with Crippen molar-refractivity contribution in [2.75, 3.05) is 27.2 Å². The maximum atomic E-state index is 13.1. The Morgan fingerprint density at radius 3 is 2.96 bits per heavy atom. The number of benzene rings is 1. The molecule has 3 aromatic rings. The van der Waals surface area contributed by atoms with Gasteiger partial charge >= 0.3 is 0 Å². The average Bonchev–Trinajstić information content (AvgIpc) is 3.13. The fraction of sp³-hybridized carbons (Fsp3) is 0.350. The Labute approximate surface area is 153 Å². The third-order valence-electron chi connectivity index (χ3n) is 4.96. The molecule has 2 aromatic heterocycles. The van der Waals surface area contributed by atoms with Gasteiger partial charge < -0.3 is 14.4 Å². The van der Waals surface area contributed by atoms with Crippen molar-refractivity contribution in [2.24, 2.45) is 0 Å². The highest BCUT2D eigenvalue weighted by Crippen LogP contribution is 2.25. The SMILES string of the molecule is CN(C)CCC1CN(C(=O)c2cnc3ccccc3c2)Cc2cncn21. The largest absolute Gasteiger partial charge is 0.331 e. The first-order valence-electron chi connectivity index (χ1n) is 8.91. The van der Waals surface area contributed by atoms with Crippen LogP contribution in [-0.4, -0.2) is 57.4 Å². The molecular weight excluding hydrogens is 326 g/mol. The standard InChI is InChI=1S/C20H23N5O/c1-23(2)8-7-17-12-24(13-18-11-21-14-25(17)18)20(26)16-9-15-5-3-4-6-19(15)22-10-16/h3-6,9-11,14,17H,7-8,12-13H2,1-2H3. The van der Waals surface area contributed by atoms with E-state index < -0.39 is 0 Å². The summed E-state index contributed by atoms with van der Waals surface area (Å²) in [5.41, 5.74) is 2.63. The van der Waals surface area contributed by atoms with Crippen molar-refractivity contribution in [3.05, 3.63) is 60.3 Å². The fourth-order valence-corrected chi connectivity index (χ4v) is 3.55. The Hall–Kier alpha value is -2.73. The Morgan fingerprint density at radius 2 is 2.12 bits per heavy atom. The lowest BCUT2D eigenvalue weighted by molar-refractivity contribution is 0.0670. The molecule has 0 N–H and O–H groups in total. The van der Waals surface area contributed by atoms with E-state index >= 15 is 0 Å². The number of pyridine rings is 1. The van der Waals surface area contributed by atoms with Crippen LogP contribution in [0.5, 0.6) is 0 Å². The van der Waals surface area contributed by atoms with Crippen LogP contribution in [0.2, 0.25) is 0 Å². The van der Waals surface area contributed by atoms with Crippen molar-refractivity contribution in [1.82, 2.24) is 24.3 Å². The highest BCUT2D eigenvalue weighted by Gasteiger charge is 2.28. The van der Waals surface area contributed by atoms with E-state index in [4.69, 9.17) is 0 Å². The molecule has 1 aromatic carbocycles. The molecule has 0 saturated carbocycles. The van der Waals surface area contributed by atoms with Gasteiger partial charge in [0, 0.05) is 24.3 Å². The number of hydrogen-bond donors (Lipinski definition) is 0. The summed E-state index contributed by atoms with van der Waals surface area (Å²) in [5.74, 6) is 0.0329. The topological polar surface area (TPSA) is 54.3 Å². The van der Waals surface area contributed by atoms with Gasteiger partial charge in [0.1, 0.15) is 0 Å². The lowest BCUT2D eigenvalue weighted by Gasteiger charge is -2.35. The normalized spacial score (nSPS) is 16.9. The summed E-state index contributed by atoms with van der Waals surface area (Å²) in [6.07, 6.45) is 6.41. The zero-order chi connectivity index (χ0) is 18.1. The second-order valence-electron chi connectivity index (χ2n) is 7.14. The van der Waals surface area contributed by atoms with E-state index in [2.05, 4.69) is 33.5 Å². The predicted molar refractivity (Wildman–Crippen MR) is 101 cm³/mol. The van der Waals surface area contributed by atoms with E-state index in [1.165, 1.54) is 0 Å². The van der Waals surface area contributed by atoms with Crippen LogP contribution in [0.4, 0.5) is 0 Å². The van der Waals surface area contributed by atoms with Crippen LogP contribution in [0.1, 0.15) is 28.5 Å². The highest BCUT2D eigenvalue weighted by molar-refractivity contribution is 5.97. The highest BCUT2D eigenvalue weighted by atomic mass is 16.2. The van der Waals surface area contributed by atoms with Crippen LogP contribution >= 0.6 is 0 Å². The molecule has 0 radical (unpaired) electrons. The summed E-state index contributed by atoms with van der Waals surface area (Å²) in [5, 5.41) is 0.990. The smallest absolute Gasteiger partial charge is 0.255 e. The van der Waals surface area contributed by atoms with E-state index in [1.54, 1.807) is 6.20 Å². The molecule has 26 heavy (non-hydrogen) atoms. The average molecular weight is 349 g/mol. The van der Waals surface area contributed by atoms with Gasteiger partial charge in [0.2, 0.25) is 0 Å². The van der Waals surface area contributed by atoms with Crippen LogP contribution in [-0.2, 0) is 6.54 Å². The van der Waals surface area contributed by atoms with Crippen LogP contribution in [0.25, 0.3) is 10.9 Å². The van der Waals surface area contributed by atoms with Gasteiger partial charge in [0.05, 0.1) is 35.7 Å². The second-order valence-corrected chi connectivity index (χ2v) is 7.14. The molecule has 0 spiro atoms. The molecule has 4 rings (SSSR count). The van der Waals surface area contributed by atoms with Crippen molar-refractivity contribution in [2.45, 2.75) is 19.0 Å². The minimum Gasteiger partial charge on any atom is -0.331 e.